The predicted molar refractivity (Wildman–Crippen MR) is 112 cm³/mol. The monoisotopic (exact) mass is 425 g/mol. The van der Waals surface area contributed by atoms with Crippen molar-refractivity contribution in [2.24, 2.45) is 0 Å². The molecular weight excluding hydrogens is 404 g/mol. The highest BCUT2D eigenvalue weighted by atomic mass is 19.3. The van der Waals surface area contributed by atoms with E-state index >= 15 is 0 Å². The topological polar surface area (TPSA) is 75.5 Å². The van der Waals surface area contributed by atoms with Crippen LogP contribution in [0.3, 0.4) is 0 Å². The second kappa shape index (κ2) is 7.42. The fraction of sp³-hybridized carbons (Fsp3) is 0.318. The number of fused-ring (bicyclic) bond motifs is 2. The van der Waals surface area contributed by atoms with Gasteiger partial charge in [-0.1, -0.05) is 42.5 Å². The Bertz CT molecular complexity index is 1310. The summed E-state index contributed by atoms with van der Waals surface area (Å²) in [6.07, 6.45) is 1.86. The SMILES string of the molecule is CN1CC(F)(F)CC1COc1nn2c(Cc3cccc4ccccc34)cnc2c(=O)[nH]1. The van der Waals surface area contributed by atoms with Crippen LogP contribution in [0.15, 0.2) is 53.5 Å². The van der Waals surface area contributed by atoms with Crippen molar-refractivity contribution in [2.75, 3.05) is 20.2 Å². The van der Waals surface area contributed by atoms with E-state index in [2.05, 4.69) is 21.1 Å². The summed E-state index contributed by atoms with van der Waals surface area (Å²) in [7, 11) is 1.63. The standard InChI is InChI=1S/C22H21F2N5O2/c1-28-13-22(23,24)10-17(28)12-31-21-26-20(30)19-25-11-16(29(19)27-21)9-15-7-4-6-14-5-2-3-8-18(14)15/h2-8,11,17H,9-10,12-13H2,1H3,(H,26,27,30). The van der Waals surface area contributed by atoms with Crippen molar-refractivity contribution in [3.63, 3.8) is 0 Å². The molecule has 1 aliphatic rings. The number of rotatable bonds is 5. The van der Waals surface area contributed by atoms with Crippen LogP contribution >= 0.6 is 0 Å². The molecule has 9 heteroatoms. The van der Waals surface area contributed by atoms with Gasteiger partial charge >= 0.3 is 6.01 Å². The van der Waals surface area contributed by atoms with Crippen LogP contribution in [-0.4, -0.2) is 56.6 Å². The van der Waals surface area contributed by atoms with Gasteiger partial charge in [0, 0.05) is 18.9 Å². The molecule has 1 fully saturated rings. The molecule has 31 heavy (non-hydrogen) atoms. The average molecular weight is 425 g/mol. The van der Waals surface area contributed by atoms with Crippen molar-refractivity contribution in [3.05, 3.63) is 70.3 Å². The summed E-state index contributed by atoms with van der Waals surface area (Å²) < 4.78 is 34.2. The van der Waals surface area contributed by atoms with E-state index in [1.54, 1.807) is 18.1 Å². The molecule has 2 aromatic heterocycles. The van der Waals surface area contributed by atoms with E-state index in [0.717, 1.165) is 22.0 Å². The van der Waals surface area contributed by atoms with Crippen LogP contribution in [0.4, 0.5) is 8.78 Å². The smallest absolute Gasteiger partial charge is 0.314 e. The lowest BCUT2D eigenvalue weighted by Gasteiger charge is -2.17. The summed E-state index contributed by atoms with van der Waals surface area (Å²) in [5.41, 5.74) is 1.53. The van der Waals surface area contributed by atoms with Gasteiger partial charge in [0.15, 0.2) is 0 Å². The summed E-state index contributed by atoms with van der Waals surface area (Å²) in [5.74, 6) is -2.73. The van der Waals surface area contributed by atoms with Crippen molar-refractivity contribution < 1.29 is 13.5 Å². The Kier molecular flexibility index (Phi) is 4.70. The molecule has 160 valence electrons. The minimum atomic E-state index is -2.73. The van der Waals surface area contributed by atoms with E-state index in [4.69, 9.17) is 4.74 Å². The van der Waals surface area contributed by atoms with E-state index in [-0.39, 0.29) is 31.2 Å². The summed E-state index contributed by atoms with van der Waals surface area (Å²) in [4.78, 5) is 20.7. The molecule has 1 unspecified atom stereocenters. The Morgan fingerprint density at radius 3 is 2.84 bits per heavy atom. The van der Waals surface area contributed by atoms with Crippen molar-refractivity contribution in [3.8, 4) is 6.01 Å². The van der Waals surface area contributed by atoms with Crippen LogP contribution in [0.25, 0.3) is 16.4 Å². The van der Waals surface area contributed by atoms with Crippen LogP contribution in [0.1, 0.15) is 17.7 Å². The number of aromatic amines is 1. The maximum atomic E-state index is 13.6. The molecule has 7 nitrogen and oxygen atoms in total. The van der Waals surface area contributed by atoms with E-state index < -0.39 is 17.5 Å². The number of alkyl halides is 2. The van der Waals surface area contributed by atoms with Crippen LogP contribution in [-0.2, 0) is 6.42 Å². The maximum Gasteiger partial charge on any atom is 0.314 e. The molecule has 5 rings (SSSR count). The molecule has 1 saturated heterocycles. The van der Waals surface area contributed by atoms with Gasteiger partial charge in [0.25, 0.3) is 11.5 Å². The van der Waals surface area contributed by atoms with Crippen LogP contribution < -0.4 is 10.3 Å². The lowest BCUT2D eigenvalue weighted by atomic mass is 10.0. The van der Waals surface area contributed by atoms with E-state index in [1.165, 1.54) is 4.52 Å². The molecule has 1 aliphatic heterocycles. The lowest BCUT2D eigenvalue weighted by molar-refractivity contribution is 0.0136. The van der Waals surface area contributed by atoms with Gasteiger partial charge in [-0.05, 0) is 23.4 Å². The number of nitrogens with one attached hydrogen (secondary N) is 1. The van der Waals surface area contributed by atoms with Gasteiger partial charge < -0.3 is 4.74 Å². The van der Waals surface area contributed by atoms with Gasteiger partial charge in [0.2, 0.25) is 5.65 Å². The molecule has 0 spiro atoms. The summed E-state index contributed by atoms with van der Waals surface area (Å²) in [6.45, 7) is -0.297. The third kappa shape index (κ3) is 3.76. The first-order chi connectivity index (χ1) is 14.9. The fourth-order valence-corrected chi connectivity index (χ4v) is 4.16. The molecule has 0 amide bonds. The maximum absolute atomic E-state index is 13.6. The summed E-state index contributed by atoms with van der Waals surface area (Å²) in [6, 6.07) is 13.7. The van der Waals surface area contributed by atoms with E-state index in [1.807, 2.05) is 36.4 Å². The van der Waals surface area contributed by atoms with Gasteiger partial charge in [-0.15, -0.1) is 5.10 Å². The Balaban J connectivity index is 1.43. The summed E-state index contributed by atoms with van der Waals surface area (Å²) >= 11 is 0. The molecule has 0 aliphatic carbocycles. The molecule has 2 aromatic carbocycles. The quantitative estimate of drug-likeness (QED) is 0.532. The normalized spacial score (nSPS) is 18.7. The van der Waals surface area contributed by atoms with Gasteiger partial charge in [-0.3, -0.25) is 14.7 Å². The minimum absolute atomic E-state index is 0.00783. The zero-order valence-corrected chi connectivity index (χ0v) is 16.9. The number of halogens is 2. The number of likely N-dealkylation sites (N-methyl/N-ethyl adjacent to an activating group) is 1. The van der Waals surface area contributed by atoms with Crippen LogP contribution in [0.5, 0.6) is 6.01 Å². The zero-order chi connectivity index (χ0) is 21.6. The van der Waals surface area contributed by atoms with Gasteiger partial charge in [0.05, 0.1) is 18.4 Å². The minimum Gasteiger partial charge on any atom is -0.462 e. The highest BCUT2D eigenvalue weighted by molar-refractivity contribution is 5.85. The number of hydrogen-bond donors (Lipinski definition) is 1. The van der Waals surface area contributed by atoms with Gasteiger partial charge in [0.1, 0.15) is 6.61 Å². The third-order valence-electron chi connectivity index (χ3n) is 5.73. The van der Waals surface area contributed by atoms with E-state index in [9.17, 15) is 13.6 Å². The summed E-state index contributed by atoms with van der Waals surface area (Å²) in [5, 5.41) is 6.61. The van der Waals surface area contributed by atoms with Crippen LogP contribution in [0.2, 0.25) is 0 Å². The van der Waals surface area contributed by atoms with Crippen molar-refractivity contribution in [2.45, 2.75) is 24.8 Å². The molecule has 0 bridgehead atoms. The van der Waals surface area contributed by atoms with E-state index in [0.29, 0.717) is 6.42 Å². The number of ether oxygens (including phenoxy) is 1. The van der Waals surface area contributed by atoms with Gasteiger partial charge in [-0.2, -0.15) is 0 Å². The van der Waals surface area contributed by atoms with Crippen LogP contribution in [0, 0.1) is 0 Å². The fourth-order valence-electron chi connectivity index (χ4n) is 4.16. The number of nitrogens with zero attached hydrogens (tertiary/aromatic N) is 4. The number of imidazole rings is 1. The Morgan fingerprint density at radius 1 is 1.23 bits per heavy atom. The molecule has 1 N–H and O–H groups in total. The lowest BCUT2D eigenvalue weighted by Crippen LogP contribution is -2.31. The number of H-pyrrole nitrogens is 1. The molecule has 3 heterocycles. The first-order valence-electron chi connectivity index (χ1n) is 10.0. The second-order valence-electron chi connectivity index (χ2n) is 8.00. The van der Waals surface area contributed by atoms with Crippen molar-refractivity contribution in [1.82, 2.24) is 24.5 Å². The number of benzene rings is 2. The number of likely N-dealkylation sites (tertiary alicyclic amines) is 1. The largest absolute Gasteiger partial charge is 0.462 e. The Labute approximate surface area is 176 Å². The number of hydrogen-bond acceptors (Lipinski definition) is 5. The average Bonchev–Trinajstić information content (AvgIpc) is 3.26. The first kappa shape index (κ1) is 19.6. The highest BCUT2D eigenvalue weighted by Crippen LogP contribution is 2.30. The zero-order valence-electron chi connectivity index (χ0n) is 16.9. The Morgan fingerprint density at radius 2 is 2.03 bits per heavy atom. The molecule has 4 aromatic rings. The second-order valence-corrected chi connectivity index (χ2v) is 8.00. The molecule has 1 atom stereocenters. The third-order valence-corrected chi connectivity index (χ3v) is 5.73. The van der Waals surface area contributed by atoms with Crippen molar-refractivity contribution >= 4 is 16.4 Å². The number of aromatic nitrogens is 4. The van der Waals surface area contributed by atoms with Gasteiger partial charge in [-0.25, -0.2) is 18.3 Å². The first-order valence-corrected chi connectivity index (χ1v) is 10.0. The Hall–Kier alpha value is -3.33. The van der Waals surface area contributed by atoms with Crippen molar-refractivity contribution in [1.29, 1.82) is 0 Å². The molecule has 0 saturated carbocycles. The molecular formula is C22H21F2N5O2. The predicted octanol–water partition coefficient (Wildman–Crippen LogP) is 2.88. The highest BCUT2D eigenvalue weighted by Gasteiger charge is 2.43. The molecule has 0 radical (unpaired) electrons.